The normalized spacial score (nSPS) is 10.5. The molecule has 0 saturated heterocycles. The first-order chi connectivity index (χ1) is 11.4. The minimum atomic E-state index is -0.748. The van der Waals surface area contributed by atoms with Crippen LogP contribution in [0.3, 0.4) is 0 Å². The van der Waals surface area contributed by atoms with Gasteiger partial charge < -0.3 is 5.11 Å². The van der Waals surface area contributed by atoms with Gasteiger partial charge >= 0.3 is 5.69 Å². The van der Waals surface area contributed by atoms with Crippen LogP contribution in [0.25, 0.3) is 0 Å². The number of carbonyl (C=O) groups is 1. The Labute approximate surface area is 134 Å². The molecule has 0 fully saturated rings. The molecule has 0 spiro atoms. The first-order valence-electron chi connectivity index (χ1n) is 6.44. The second-order valence-corrected chi connectivity index (χ2v) is 4.51. The summed E-state index contributed by atoms with van der Waals surface area (Å²) < 4.78 is 0. The molecule has 2 aromatic carbocycles. The molecule has 0 aliphatic carbocycles. The van der Waals surface area contributed by atoms with Crippen LogP contribution in [-0.4, -0.2) is 27.1 Å². The number of non-ortho nitro benzene ring substituents is 1. The van der Waals surface area contributed by atoms with E-state index in [0.29, 0.717) is 5.56 Å². The van der Waals surface area contributed by atoms with Crippen LogP contribution in [0.1, 0.15) is 15.9 Å². The van der Waals surface area contributed by atoms with E-state index in [2.05, 4.69) is 10.5 Å². The maximum Gasteiger partial charge on any atom is 0.311 e. The van der Waals surface area contributed by atoms with Gasteiger partial charge in [0.05, 0.1) is 16.1 Å². The average Bonchev–Trinajstić information content (AvgIpc) is 2.56. The van der Waals surface area contributed by atoms with Crippen LogP contribution in [0.15, 0.2) is 47.6 Å². The Balaban J connectivity index is 2.05. The minimum Gasteiger partial charge on any atom is -0.502 e. The summed E-state index contributed by atoms with van der Waals surface area (Å²) in [5.41, 5.74) is 2.01. The molecule has 2 aromatic rings. The fourth-order valence-corrected chi connectivity index (χ4v) is 1.73. The third-order valence-corrected chi connectivity index (χ3v) is 2.92. The Morgan fingerprint density at radius 3 is 2.33 bits per heavy atom. The van der Waals surface area contributed by atoms with E-state index < -0.39 is 27.2 Å². The van der Waals surface area contributed by atoms with Gasteiger partial charge in [-0.15, -0.1) is 0 Å². The number of nitrogens with one attached hydrogen (secondary N) is 1. The number of nitro benzene ring substituents is 2. The van der Waals surface area contributed by atoms with Crippen LogP contribution in [0.5, 0.6) is 5.75 Å². The number of nitro groups is 2. The summed E-state index contributed by atoms with van der Waals surface area (Å²) in [6.07, 6.45) is 1.16. The van der Waals surface area contributed by atoms with Crippen molar-refractivity contribution in [1.82, 2.24) is 5.43 Å². The topological polar surface area (TPSA) is 148 Å². The highest BCUT2D eigenvalue weighted by molar-refractivity contribution is 5.95. The lowest BCUT2D eigenvalue weighted by Crippen LogP contribution is -2.17. The van der Waals surface area contributed by atoms with Crippen LogP contribution in [0.4, 0.5) is 11.4 Å². The Kier molecular flexibility index (Phi) is 4.80. The fraction of sp³-hybridized carbons (Fsp3) is 0. The zero-order valence-corrected chi connectivity index (χ0v) is 11.9. The van der Waals surface area contributed by atoms with E-state index in [1.165, 1.54) is 30.3 Å². The Bertz CT molecular complexity index is 832. The molecule has 24 heavy (non-hydrogen) atoms. The number of amides is 1. The number of hydrogen-bond donors (Lipinski definition) is 2. The van der Waals surface area contributed by atoms with Crippen LogP contribution >= 0.6 is 0 Å². The number of rotatable bonds is 5. The molecule has 0 aliphatic rings. The van der Waals surface area contributed by atoms with Crippen molar-refractivity contribution < 1.29 is 19.7 Å². The molecule has 1 amide bonds. The van der Waals surface area contributed by atoms with Crippen LogP contribution in [0.2, 0.25) is 0 Å². The molecular formula is C14H10N4O6. The van der Waals surface area contributed by atoms with Gasteiger partial charge in [0.25, 0.3) is 11.6 Å². The number of hydrogen-bond acceptors (Lipinski definition) is 7. The molecule has 10 heteroatoms. The van der Waals surface area contributed by atoms with Gasteiger partial charge in [0.15, 0.2) is 5.75 Å². The van der Waals surface area contributed by atoms with Gasteiger partial charge in [0.1, 0.15) is 0 Å². The minimum absolute atomic E-state index is 0.147. The molecule has 122 valence electrons. The lowest BCUT2D eigenvalue weighted by atomic mass is 10.2. The smallest absolute Gasteiger partial charge is 0.311 e. The van der Waals surface area contributed by atoms with E-state index in [1.54, 1.807) is 0 Å². The fourth-order valence-electron chi connectivity index (χ4n) is 1.73. The summed E-state index contributed by atoms with van der Waals surface area (Å²) in [5, 5.41) is 34.2. The molecule has 0 atom stereocenters. The molecular weight excluding hydrogens is 320 g/mol. The predicted octanol–water partition coefficient (Wildman–Crippen LogP) is 1.97. The number of hydrazone groups is 1. The van der Waals surface area contributed by atoms with E-state index in [0.717, 1.165) is 18.3 Å². The lowest BCUT2D eigenvalue weighted by Gasteiger charge is -2.00. The van der Waals surface area contributed by atoms with Crippen molar-refractivity contribution in [1.29, 1.82) is 0 Å². The summed E-state index contributed by atoms with van der Waals surface area (Å²) in [5.74, 6) is -1.08. The molecule has 2 rings (SSSR count). The molecule has 2 N–H and O–H groups in total. The quantitative estimate of drug-likeness (QED) is 0.486. The molecule has 0 aromatic heterocycles. The van der Waals surface area contributed by atoms with Crippen LogP contribution in [0, 0.1) is 20.2 Å². The number of carbonyl (C=O) groups excluding carboxylic acids is 1. The average molecular weight is 330 g/mol. The predicted molar refractivity (Wildman–Crippen MR) is 82.9 cm³/mol. The van der Waals surface area contributed by atoms with Crippen molar-refractivity contribution in [2.45, 2.75) is 0 Å². The van der Waals surface area contributed by atoms with Crippen molar-refractivity contribution in [2.75, 3.05) is 0 Å². The lowest BCUT2D eigenvalue weighted by molar-refractivity contribution is -0.385. The maximum atomic E-state index is 11.8. The first kappa shape index (κ1) is 16.5. The highest BCUT2D eigenvalue weighted by atomic mass is 16.6. The number of benzene rings is 2. The third-order valence-electron chi connectivity index (χ3n) is 2.92. The number of nitrogens with zero attached hydrogens (tertiary/aromatic N) is 3. The maximum absolute atomic E-state index is 11.8. The van der Waals surface area contributed by atoms with Crippen molar-refractivity contribution in [3.8, 4) is 5.75 Å². The van der Waals surface area contributed by atoms with Crippen molar-refractivity contribution in [3.63, 3.8) is 0 Å². The summed E-state index contributed by atoms with van der Waals surface area (Å²) in [6.45, 7) is 0. The number of phenolic OH excluding ortho intramolecular Hbond substituents is 1. The van der Waals surface area contributed by atoms with E-state index in [1.807, 2.05) is 0 Å². The summed E-state index contributed by atoms with van der Waals surface area (Å²) >= 11 is 0. The summed E-state index contributed by atoms with van der Waals surface area (Å²) in [4.78, 5) is 31.7. The van der Waals surface area contributed by atoms with Gasteiger partial charge in [0.2, 0.25) is 0 Å². The zero-order valence-electron chi connectivity index (χ0n) is 11.9. The SMILES string of the molecule is O=C(N/N=C/c1ccc(O)c([N+](=O)[O-])c1)c1ccc([N+](=O)[O-])cc1. The molecule has 0 saturated carbocycles. The Hall–Kier alpha value is -3.82. The highest BCUT2D eigenvalue weighted by Gasteiger charge is 2.13. The second-order valence-electron chi connectivity index (χ2n) is 4.51. The second kappa shape index (κ2) is 6.96. The van der Waals surface area contributed by atoms with Crippen molar-refractivity contribution >= 4 is 23.5 Å². The van der Waals surface area contributed by atoms with E-state index >= 15 is 0 Å². The summed E-state index contributed by atoms with van der Waals surface area (Å²) in [6, 6.07) is 8.52. The van der Waals surface area contributed by atoms with Crippen LogP contribution < -0.4 is 5.43 Å². The molecule has 0 aliphatic heterocycles. The van der Waals surface area contributed by atoms with Gasteiger partial charge in [0, 0.05) is 29.3 Å². The Morgan fingerprint density at radius 1 is 1.08 bits per heavy atom. The monoisotopic (exact) mass is 330 g/mol. The number of aromatic hydroxyl groups is 1. The largest absolute Gasteiger partial charge is 0.502 e. The molecule has 0 unspecified atom stereocenters. The van der Waals surface area contributed by atoms with Gasteiger partial charge in [-0.3, -0.25) is 25.0 Å². The number of phenols is 1. The highest BCUT2D eigenvalue weighted by Crippen LogP contribution is 2.25. The Morgan fingerprint density at radius 2 is 1.75 bits per heavy atom. The van der Waals surface area contributed by atoms with E-state index in [9.17, 15) is 30.1 Å². The van der Waals surface area contributed by atoms with Crippen molar-refractivity contribution in [2.24, 2.45) is 5.10 Å². The van der Waals surface area contributed by atoms with Crippen LogP contribution in [-0.2, 0) is 0 Å². The standard InChI is InChI=1S/C14H10N4O6/c19-13-6-1-9(7-12(13)18(23)24)8-15-16-14(20)10-2-4-11(5-3-10)17(21)22/h1-8,19H,(H,16,20)/b15-8+. The molecule has 0 bridgehead atoms. The molecule has 0 radical (unpaired) electrons. The van der Waals surface area contributed by atoms with E-state index in [-0.39, 0.29) is 11.3 Å². The van der Waals surface area contributed by atoms with Gasteiger partial charge in [-0.1, -0.05) is 0 Å². The van der Waals surface area contributed by atoms with Gasteiger partial charge in [-0.2, -0.15) is 5.10 Å². The van der Waals surface area contributed by atoms with E-state index in [4.69, 9.17) is 0 Å². The van der Waals surface area contributed by atoms with Crippen molar-refractivity contribution in [3.05, 3.63) is 73.8 Å². The zero-order chi connectivity index (χ0) is 17.7. The summed E-state index contributed by atoms with van der Waals surface area (Å²) in [7, 11) is 0. The molecule has 0 heterocycles. The molecule has 10 nitrogen and oxygen atoms in total. The van der Waals surface area contributed by atoms with Gasteiger partial charge in [-0.25, -0.2) is 5.43 Å². The van der Waals surface area contributed by atoms with Gasteiger partial charge in [-0.05, 0) is 24.3 Å². The third kappa shape index (κ3) is 3.88. The first-order valence-corrected chi connectivity index (χ1v) is 6.44.